The molecule has 1 saturated carbocycles. The van der Waals surface area contributed by atoms with Crippen molar-refractivity contribution in [3.63, 3.8) is 0 Å². The van der Waals surface area contributed by atoms with E-state index in [-0.39, 0.29) is 11.5 Å². The van der Waals surface area contributed by atoms with Crippen LogP contribution in [-0.4, -0.2) is 24.2 Å². The molecule has 0 bridgehead atoms. The van der Waals surface area contributed by atoms with E-state index in [1.165, 1.54) is 22.2 Å². The number of alkyl carbamates (subject to hydrolysis) is 1. The third kappa shape index (κ3) is 2.15. The summed E-state index contributed by atoms with van der Waals surface area (Å²) >= 11 is 0. The summed E-state index contributed by atoms with van der Waals surface area (Å²) in [4.78, 5) is 14.9. The highest BCUT2D eigenvalue weighted by molar-refractivity contribution is 5.86. The number of fused-ring (bicyclic) bond motifs is 1. The van der Waals surface area contributed by atoms with Gasteiger partial charge in [0, 0.05) is 28.6 Å². The maximum atomic E-state index is 11.5. The van der Waals surface area contributed by atoms with Gasteiger partial charge < -0.3 is 15.0 Å². The SMILES string of the molecule is CCOC(=O)NCC1(c2c(C)[nH]c3ccccc23)CC1. The van der Waals surface area contributed by atoms with E-state index in [2.05, 4.69) is 35.4 Å². The minimum atomic E-state index is -0.323. The molecule has 0 spiro atoms. The topological polar surface area (TPSA) is 54.1 Å². The number of para-hydroxylation sites is 1. The molecule has 3 rings (SSSR count). The zero-order valence-electron chi connectivity index (χ0n) is 12.0. The Morgan fingerprint density at radius 2 is 2.15 bits per heavy atom. The van der Waals surface area contributed by atoms with Crippen LogP contribution in [-0.2, 0) is 10.2 Å². The Hall–Kier alpha value is -1.97. The predicted octanol–water partition coefficient (Wildman–Crippen LogP) is 3.25. The molecule has 1 aromatic carbocycles. The number of carbonyl (C=O) groups is 1. The van der Waals surface area contributed by atoms with Crippen molar-refractivity contribution >= 4 is 17.0 Å². The molecule has 20 heavy (non-hydrogen) atoms. The first-order valence-electron chi connectivity index (χ1n) is 7.15. The van der Waals surface area contributed by atoms with Gasteiger partial charge in [-0.25, -0.2) is 4.79 Å². The summed E-state index contributed by atoms with van der Waals surface area (Å²) in [5, 5.41) is 4.16. The zero-order valence-corrected chi connectivity index (χ0v) is 12.0. The summed E-state index contributed by atoms with van der Waals surface area (Å²) in [6, 6.07) is 8.35. The summed E-state index contributed by atoms with van der Waals surface area (Å²) in [7, 11) is 0. The number of amides is 1. The van der Waals surface area contributed by atoms with Gasteiger partial charge >= 0.3 is 6.09 Å². The van der Waals surface area contributed by atoms with E-state index in [0.29, 0.717) is 13.2 Å². The molecular formula is C16H20N2O2. The van der Waals surface area contributed by atoms with Crippen LogP contribution in [0.15, 0.2) is 24.3 Å². The minimum absolute atomic E-state index is 0.0798. The Morgan fingerprint density at radius 3 is 2.85 bits per heavy atom. The number of H-pyrrole nitrogens is 1. The molecule has 2 aromatic rings. The van der Waals surface area contributed by atoms with Crippen molar-refractivity contribution in [1.82, 2.24) is 10.3 Å². The first kappa shape index (κ1) is 13.0. The van der Waals surface area contributed by atoms with E-state index in [4.69, 9.17) is 4.74 Å². The first-order valence-corrected chi connectivity index (χ1v) is 7.15. The van der Waals surface area contributed by atoms with Crippen LogP contribution in [0.1, 0.15) is 31.0 Å². The fourth-order valence-corrected chi connectivity index (χ4v) is 3.05. The summed E-state index contributed by atoms with van der Waals surface area (Å²) in [5.74, 6) is 0. The summed E-state index contributed by atoms with van der Waals surface area (Å²) in [5.41, 5.74) is 3.80. The molecule has 0 aliphatic heterocycles. The summed E-state index contributed by atoms with van der Waals surface area (Å²) in [6.07, 6.45) is 1.90. The molecule has 1 aliphatic carbocycles. The number of hydrogen-bond donors (Lipinski definition) is 2. The third-order valence-corrected chi connectivity index (χ3v) is 4.12. The standard InChI is InChI=1S/C16H20N2O2/c1-3-20-15(19)17-10-16(8-9-16)14-11(2)18-13-7-5-4-6-12(13)14/h4-7,18H,3,8-10H2,1-2H3,(H,17,19). The number of ether oxygens (including phenoxy) is 1. The second kappa shape index (κ2) is 4.85. The molecule has 0 unspecified atom stereocenters. The van der Waals surface area contributed by atoms with Gasteiger partial charge in [-0.3, -0.25) is 0 Å². The molecule has 4 nitrogen and oxygen atoms in total. The maximum absolute atomic E-state index is 11.5. The fraction of sp³-hybridized carbons (Fsp3) is 0.438. The van der Waals surface area contributed by atoms with E-state index < -0.39 is 0 Å². The second-order valence-electron chi connectivity index (χ2n) is 5.52. The largest absolute Gasteiger partial charge is 0.450 e. The zero-order chi connectivity index (χ0) is 14.2. The van der Waals surface area contributed by atoms with E-state index in [1.54, 1.807) is 0 Å². The van der Waals surface area contributed by atoms with Gasteiger partial charge in [0.1, 0.15) is 0 Å². The average molecular weight is 272 g/mol. The smallest absolute Gasteiger partial charge is 0.407 e. The van der Waals surface area contributed by atoms with Gasteiger partial charge in [0.2, 0.25) is 0 Å². The van der Waals surface area contributed by atoms with Crippen LogP contribution in [0.2, 0.25) is 0 Å². The molecule has 106 valence electrons. The Kier molecular flexibility index (Phi) is 3.16. The third-order valence-electron chi connectivity index (χ3n) is 4.12. The lowest BCUT2D eigenvalue weighted by Gasteiger charge is -2.17. The Morgan fingerprint density at radius 1 is 1.40 bits per heavy atom. The molecular weight excluding hydrogens is 252 g/mol. The van der Waals surface area contributed by atoms with Crippen molar-refractivity contribution in [2.75, 3.05) is 13.2 Å². The first-order chi connectivity index (χ1) is 9.66. The average Bonchev–Trinajstić information content (AvgIpc) is 3.13. The van der Waals surface area contributed by atoms with Crippen molar-refractivity contribution < 1.29 is 9.53 Å². The van der Waals surface area contributed by atoms with Crippen LogP contribution in [0.25, 0.3) is 10.9 Å². The summed E-state index contributed by atoms with van der Waals surface area (Å²) < 4.78 is 4.94. The highest BCUT2D eigenvalue weighted by Crippen LogP contribution is 2.51. The van der Waals surface area contributed by atoms with Crippen LogP contribution in [0.5, 0.6) is 0 Å². The molecule has 0 radical (unpaired) electrons. The molecule has 1 heterocycles. The summed E-state index contributed by atoms with van der Waals surface area (Å²) in [6.45, 7) is 4.98. The van der Waals surface area contributed by atoms with Gasteiger partial charge in [-0.15, -0.1) is 0 Å². The van der Waals surface area contributed by atoms with Gasteiger partial charge in [-0.05, 0) is 38.3 Å². The monoisotopic (exact) mass is 272 g/mol. The van der Waals surface area contributed by atoms with E-state index in [1.807, 2.05) is 13.0 Å². The Labute approximate surface area is 118 Å². The second-order valence-corrected chi connectivity index (χ2v) is 5.52. The lowest BCUT2D eigenvalue weighted by molar-refractivity contribution is 0.151. The molecule has 1 amide bonds. The number of aromatic amines is 1. The number of nitrogens with one attached hydrogen (secondary N) is 2. The molecule has 0 saturated heterocycles. The van der Waals surface area contributed by atoms with Crippen LogP contribution in [0, 0.1) is 6.92 Å². The van der Waals surface area contributed by atoms with Crippen molar-refractivity contribution in [3.8, 4) is 0 Å². The van der Waals surface area contributed by atoms with E-state index >= 15 is 0 Å². The van der Waals surface area contributed by atoms with Crippen LogP contribution >= 0.6 is 0 Å². The van der Waals surface area contributed by atoms with Crippen LogP contribution in [0.4, 0.5) is 4.79 Å². The van der Waals surface area contributed by atoms with Crippen molar-refractivity contribution in [3.05, 3.63) is 35.5 Å². The molecule has 1 aromatic heterocycles. The highest BCUT2D eigenvalue weighted by atomic mass is 16.5. The number of carbonyl (C=O) groups excluding carboxylic acids is 1. The number of hydrogen-bond acceptors (Lipinski definition) is 2. The molecule has 4 heteroatoms. The van der Waals surface area contributed by atoms with Gasteiger partial charge in [-0.2, -0.15) is 0 Å². The van der Waals surface area contributed by atoms with Crippen molar-refractivity contribution in [2.24, 2.45) is 0 Å². The van der Waals surface area contributed by atoms with Gasteiger partial charge in [-0.1, -0.05) is 18.2 Å². The van der Waals surface area contributed by atoms with E-state index in [0.717, 1.165) is 12.8 Å². The number of benzene rings is 1. The Bertz CT molecular complexity index is 641. The van der Waals surface area contributed by atoms with Gasteiger partial charge in [0.15, 0.2) is 0 Å². The molecule has 2 N–H and O–H groups in total. The minimum Gasteiger partial charge on any atom is -0.450 e. The fourth-order valence-electron chi connectivity index (χ4n) is 3.05. The quantitative estimate of drug-likeness (QED) is 0.897. The van der Waals surface area contributed by atoms with Crippen LogP contribution < -0.4 is 5.32 Å². The lowest BCUT2D eigenvalue weighted by atomic mass is 9.93. The van der Waals surface area contributed by atoms with Gasteiger partial charge in [0.05, 0.1) is 6.61 Å². The Balaban J connectivity index is 1.87. The van der Waals surface area contributed by atoms with E-state index in [9.17, 15) is 4.79 Å². The van der Waals surface area contributed by atoms with Crippen LogP contribution in [0.3, 0.4) is 0 Å². The highest BCUT2D eigenvalue weighted by Gasteiger charge is 2.47. The number of rotatable bonds is 4. The van der Waals surface area contributed by atoms with Gasteiger partial charge in [0.25, 0.3) is 0 Å². The normalized spacial score (nSPS) is 16.1. The molecule has 1 fully saturated rings. The molecule has 0 atom stereocenters. The molecule has 1 aliphatic rings. The lowest BCUT2D eigenvalue weighted by Crippen LogP contribution is -2.32. The van der Waals surface area contributed by atoms with Crippen molar-refractivity contribution in [2.45, 2.75) is 32.1 Å². The number of aryl methyl sites for hydroxylation is 1. The number of aromatic nitrogens is 1. The maximum Gasteiger partial charge on any atom is 0.407 e. The predicted molar refractivity (Wildman–Crippen MR) is 79.0 cm³/mol. The van der Waals surface area contributed by atoms with Crippen molar-refractivity contribution in [1.29, 1.82) is 0 Å².